The summed E-state index contributed by atoms with van der Waals surface area (Å²) >= 11 is 1.56. The molecule has 1 aromatic carbocycles. The molecule has 0 atom stereocenters. The van der Waals surface area contributed by atoms with Crippen LogP contribution in [0, 0.1) is 0 Å². The molecular weight excluding hydrogens is 336 g/mol. The summed E-state index contributed by atoms with van der Waals surface area (Å²) in [5.74, 6) is 1.42. The van der Waals surface area contributed by atoms with Gasteiger partial charge in [0.15, 0.2) is 11.0 Å². The van der Waals surface area contributed by atoms with Crippen molar-refractivity contribution in [1.82, 2.24) is 20.1 Å². The Hall–Kier alpha value is -2.12. The Balaban J connectivity index is 1.73. The van der Waals surface area contributed by atoms with Gasteiger partial charge in [-0.1, -0.05) is 36.0 Å². The molecule has 3 rings (SSSR count). The fraction of sp³-hybridized carbons (Fsp3) is 0.389. The van der Waals surface area contributed by atoms with E-state index in [4.69, 9.17) is 4.74 Å². The van der Waals surface area contributed by atoms with Gasteiger partial charge in [-0.15, -0.1) is 16.8 Å². The Morgan fingerprint density at radius 3 is 2.96 bits per heavy atom. The van der Waals surface area contributed by atoms with Crippen molar-refractivity contribution in [3.63, 3.8) is 0 Å². The number of allylic oxidation sites excluding steroid dienone is 1. The zero-order chi connectivity index (χ0) is 17.6. The molecule has 1 amide bonds. The molecule has 0 bridgehead atoms. The summed E-state index contributed by atoms with van der Waals surface area (Å²) in [6.45, 7) is 4.81. The van der Waals surface area contributed by atoms with Crippen molar-refractivity contribution in [1.29, 1.82) is 0 Å². The van der Waals surface area contributed by atoms with E-state index < -0.39 is 0 Å². The second-order valence-corrected chi connectivity index (χ2v) is 6.87. The summed E-state index contributed by atoms with van der Waals surface area (Å²) in [5.41, 5.74) is 1.72. The molecule has 1 heterocycles. The first-order valence-electron chi connectivity index (χ1n) is 8.26. The highest BCUT2D eigenvalue weighted by atomic mass is 32.2. The lowest BCUT2D eigenvalue weighted by atomic mass is 10.1. The molecule has 7 heteroatoms. The number of aromatic nitrogens is 3. The van der Waals surface area contributed by atoms with Gasteiger partial charge in [-0.05, 0) is 24.5 Å². The van der Waals surface area contributed by atoms with E-state index in [0.29, 0.717) is 24.9 Å². The van der Waals surface area contributed by atoms with Gasteiger partial charge in [0.1, 0.15) is 6.61 Å². The van der Waals surface area contributed by atoms with E-state index in [1.54, 1.807) is 18.9 Å². The largest absolute Gasteiger partial charge is 0.377 e. The second-order valence-electron chi connectivity index (χ2n) is 5.92. The predicted molar refractivity (Wildman–Crippen MR) is 97.4 cm³/mol. The monoisotopic (exact) mass is 358 g/mol. The average molecular weight is 358 g/mol. The quantitative estimate of drug-likeness (QED) is 0.551. The Morgan fingerprint density at radius 2 is 2.24 bits per heavy atom. The summed E-state index contributed by atoms with van der Waals surface area (Å²) in [6.07, 6.45) is 3.97. The van der Waals surface area contributed by atoms with E-state index >= 15 is 0 Å². The van der Waals surface area contributed by atoms with Gasteiger partial charge in [-0.3, -0.25) is 4.79 Å². The van der Waals surface area contributed by atoms with E-state index in [1.165, 1.54) is 0 Å². The topological polar surface area (TPSA) is 69.0 Å². The highest BCUT2D eigenvalue weighted by molar-refractivity contribution is 7.98. The van der Waals surface area contributed by atoms with Gasteiger partial charge in [0.25, 0.3) is 5.91 Å². The van der Waals surface area contributed by atoms with Crippen LogP contribution in [0.5, 0.6) is 0 Å². The van der Waals surface area contributed by atoms with Crippen LogP contribution in [0.25, 0.3) is 0 Å². The van der Waals surface area contributed by atoms with E-state index in [0.717, 1.165) is 34.9 Å². The van der Waals surface area contributed by atoms with Crippen LogP contribution < -0.4 is 5.32 Å². The Morgan fingerprint density at radius 1 is 1.44 bits per heavy atom. The molecule has 132 valence electrons. The molecule has 1 aliphatic rings. The number of nitrogens with one attached hydrogen (secondary N) is 1. The first-order chi connectivity index (χ1) is 12.2. The van der Waals surface area contributed by atoms with Crippen LogP contribution in [-0.2, 0) is 23.6 Å². The minimum Gasteiger partial charge on any atom is -0.377 e. The van der Waals surface area contributed by atoms with Gasteiger partial charge >= 0.3 is 0 Å². The summed E-state index contributed by atoms with van der Waals surface area (Å²) in [5, 5.41) is 12.3. The zero-order valence-electron chi connectivity index (χ0n) is 14.3. The van der Waals surface area contributed by atoms with Gasteiger partial charge in [-0.2, -0.15) is 0 Å². The van der Waals surface area contributed by atoms with Crippen molar-refractivity contribution in [3.8, 4) is 0 Å². The number of carbonyl (C=O) groups excluding carboxylic acids is 1. The molecule has 1 N–H and O–H groups in total. The molecule has 25 heavy (non-hydrogen) atoms. The molecule has 1 aliphatic carbocycles. The lowest BCUT2D eigenvalue weighted by molar-refractivity contribution is 0.0950. The molecule has 0 saturated heterocycles. The van der Waals surface area contributed by atoms with Crippen LogP contribution in [0.1, 0.15) is 34.6 Å². The number of nitrogens with zero attached hydrogens (tertiary/aromatic N) is 3. The van der Waals surface area contributed by atoms with Crippen molar-refractivity contribution >= 4 is 17.7 Å². The molecule has 0 spiro atoms. The highest BCUT2D eigenvalue weighted by Crippen LogP contribution is 2.25. The van der Waals surface area contributed by atoms with E-state index in [9.17, 15) is 4.79 Å². The number of amides is 1. The number of benzene rings is 1. The van der Waals surface area contributed by atoms with Gasteiger partial charge < -0.3 is 14.6 Å². The van der Waals surface area contributed by atoms with E-state index in [-0.39, 0.29) is 5.91 Å². The van der Waals surface area contributed by atoms with Gasteiger partial charge in [0.2, 0.25) is 0 Å². The van der Waals surface area contributed by atoms with Crippen molar-refractivity contribution in [2.24, 2.45) is 0 Å². The fourth-order valence-corrected chi connectivity index (χ4v) is 3.45. The number of ether oxygens (including phenoxy) is 1. The Labute approximate surface area is 151 Å². The normalized spacial score (nSPS) is 13.6. The number of hydrogen-bond acceptors (Lipinski definition) is 5. The fourth-order valence-electron chi connectivity index (χ4n) is 2.47. The van der Waals surface area contributed by atoms with Crippen molar-refractivity contribution in [3.05, 3.63) is 53.9 Å². The third kappa shape index (κ3) is 4.49. The predicted octanol–water partition coefficient (Wildman–Crippen LogP) is 2.80. The van der Waals surface area contributed by atoms with Crippen LogP contribution in [-0.4, -0.2) is 33.8 Å². The molecule has 0 unspecified atom stereocenters. The molecule has 1 saturated carbocycles. The molecular formula is C18H22N4O2S. The zero-order valence-corrected chi connectivity index (χ0v) is 15.1. The minimum absolute atomic E-state index is 0.00586. The third-order valence-corrected chi connectivity index (χ3v) is 4.93. The lowest BCUT2D eigenvalue weighted by Crippen LogP contribution is -2.26. The van der Waals surface area contributed by atoms with Crippen LogP contribution in [0.3, 0.4) is 0 Å². The second kappa shape index (κ2) is 8.31. The van der Waals surface area contributed by atoms with Crippen LogP contribution in [0.2, 0.25) is 0 Å². The maximum atomic E-state index is 12.4. The maximum Gasteiger partial charge on any atom is 0.251 e. The van der Waals surface area contributed by atoms with Gasteiger partial charge in [0.05, 0.1) is 0 Å². The number of thioether (sulfide) groups is 1. The minimum atomic E-state index is 0.00586. The number of rotatable bonds is 9. The van der Waals surface area contributed by atoms with Crippen LogP contribution >= 0.6 is 11.8 Å². The summed E-state index contributed by atoms with van der Waals surface area (Å²) in [4.78, 5) is 12.4. The van der Waals surface area contributed by atoms with Crippen molar-refractivity contribution < 1.29 is 9.53 Å². The van der Waals surface area contributed by atoms with Gasteiger partial charge in [-0.25, -0.2) is 0 Å². The number of carbonyl (C=O) groups is 1. The third-order valence-electron chi connectivity index (χ3n) is 3.91. The SMILES string of the molecule is C=CCn1c(COC)nnc1SCc1ccccc1C(=O)NC1CC1. The molecule has 1 fully saturated rings. The summed E-state index contributed by atoms with van der Waals surface area (Å²) in [7, 11) is 1.63. The molecule has 1 aromatic heterocycles. The number of methoxy groups -OCH3 is 1. The Kier molecular flexibility index (Phi) is 5.88. The highest BCUT2D eigenvalue weighted by Gasteiger charge is 2.24. The van der Waals surface area contributed by atoms with Crippen molar-refractivity contribution in [2.75, 3.05) is 7.11 Å². The summed E-state index contributed by atoms with van der Waals surface area (Å²) < 4.78 is 7.14. The van der Waals surface area contributed by atoms with Gasteiger partial charge in [0, 0.05) is 31.0 Å². The summed E-state index contributed by atoms with van der Waals surface area (Å²) in [6, 6.07) is 8.06. The smallest absolute Gasteiger partial charge is 0.251 e. The Bertz CT molecular complexity index is 755. The maximum absolute atomic E-state index is 12.4. The lowest BCUT2D eigenvalue weighted by Gasteiger charge is -2.10. The van der Waals surface area contributed by atoms with Crippen LogP contribution in [0.4, 0.5) is 0 Å². The van der Waals surface area contributed by atoms with Crippen molar-refractivity contribution in [2.45, 2.75) is 42.9 Å². The molecule has 0 aliphatic heterocycles. The van der Waals surface area contributed by atoms with E-state index in [1.807, 2.05) is 34.9 Å². The first kappa shape index (κ1) is 17.7. The average Bonchev–Trinajstić information content (AvgIpc) is 3.36. The molecule has 0 radical (unpaired) electrons. The molecule has 2 aromatic rings. The van der Waals surface area contributed by atoms with Crippen LogP contribution in [0.15, 0.2) is 42.1 Å². The first-order valence-corrected chi connectivity index (χ1v) is 9.25. The standard InChI is InChI=1S/C18H22N4O2S/c1-3-10-22-16(11-24-2)20-21-18(22)25-12-13-6-4-5-7-15(13)17(23)19-14-8-9-14/h3-7,14H,1,8-12H2,2H3,(H,19,23). The molecule has 6 nitrogen and oxygen atoms in total. The van der Waals surface area contributed by atoms with E-state index in [2.05, 4.69) is 22.1 Å². The number of hydrogen-bond donors (Lipinski definition) is 1.